The molecule has 0 aliphatic carbocycles. The first-order valence-corrected chi connectivity index (χ1v) is 7.08. The van der Waals surface area contributed by atoms with Gasteiger partial charge in [0.25, 0.3) is 5.91 Å². The van der Waals surface area contributed by atoms with E-state index in [1.807, 2.05) is 31.2 Å². The number of hydrogen-bond acceptors (Lipinski definition) is 2. The summed E-state index contributed by atoms with van der Waals surface area (Å²) in [5.74, 6) is -0.350. The minimum atomic E-state index is -0.350. The highest BCUT2D eigenvalue weighted by Crippen LogP contribution is 2.11. The van der Waals surface area contributed by atoms with Crippen LogP contribution in [0.1, 0.15) is 22.8 Å². The Kier molecular flexibility index (Phi) is 4.74. The Labute approximate surface area is 125 Å². The van der Waals surface area contributed by atoms with Crippen LogP contribution in [0.2, 0.25) is 0 Å². The van der Waals surface area contributed by atoms with Crippen molar-refractivity contribution in [2.75, 3.05) is 0 Å². The first kappa shape index (κ1) is 14.5. The fraction of sp³-hybridized carbons (Fsp3) is 0.200. The second-order valence-electron chi connectivity index (χ2n) is 4.63. The molecule has 4 nitrogen and oxygen atoms in total. The van der Waals surface area contributed by atoms with Gasteiger partial charge in [-0.1, -0.05) is 28.1 Å². The summed E-state index contributed by atoms with van der Waals surface area (Å²) >= 11 is 3.38. The van der Waals surface area contributed by atoms with Crippen molar-refractivity contribution >= 4 is 21.8 Å². The van der Waals surface area contributed by atoms with Crippen molar-refractivity contribution < 1.29 is 4.79 Å². The third-order valence-corrected chi connectivity index (χ3v) is 3.43. The Morgan fingerprint density at radius 3 is 2.65 bits per heavy atom. The number of rotatable bonds is 4. The van der Waals surface area contributed by atoms with Gasteiger partial charge in [-0.25, -0.2) is 0 Å². The molecule has 0 saturated heterocycles. The van der Waals surface area contributed by atoms with Gasteiger partial charge in [0.15, 0.2) is 5.43 Å². The van der Waals surface area contributed by atoms with Crippen molar-refractivity contribution in [3.05, 3.63) is 68.5 Å². The Hall–Kier alpha value is -1.88. The van der Waals surface area contributed by atoms with Crippen LogP contribution in [0, 0.1) is 0 Å². The molecule has 1 atom stereocenters. The van der Waals surface area contributed by atoms with Crippen LogP contribution in [0.25, 0.3) is 0 Å². The van der Waals surface area contributed by atoms with Crippen molar-refractivity contribution in [1.29, 1.82) is 0 Å². The molecule has 0 spiro atoms. The number of H-pyrrole nitrogens is 1. The summed E-state index contributed by atoms with van der Waals surface area (Å²) in [4.78, 5) is 26.3. The minimum Gasteiger partial charge on any atom is -0.367 e. The molecule has 0 aliphatic heterocycles. The van der Waals surface area contributed by atoms with Crippen LogP contribution >= 0.6 is 15.9 Å². The third kappa shape index (κ3) is 3.81. The number of hydrogen-bond donors (Lipinski definition) is 2. The van der Waals surface area contributed by atoms with E-state index in [0.717, 1.165) is 10.0 Å². The Bertz CT molecular complexity index is 649. The molecule has 104 valence electrons. The lowest BCUT2D eigenvalue weighted by Crippen LogP contribution is -2.36. The summed E-state index contributed by atoms with van der Waals surface area (Å²) < 4.78 is 1.02. The predicted molar refractivity (Wildman–Crippen MR) is 81.8 cm³/mol. The van der Waals surface area contributed by atoms with Crippen LogP contribution in [-0.4, -0.2) is 16.9 Å². The van der Waals surface area contributed by atoms with Gasteiger partial charge < -0.3 is 10.3 Å². The second-order valence-corrected chi connectivity index (χ2v) is 5.54. The largest absolute Gasteiger partial charge is 0.367 e. The normalized spacial score (nSPS) is 11.9. The summed E-state index contributed by atoms with van der Waals surface area (Å²) in [5.41, 5.74) is 0.982. The van der Waals surface area contributed by atoms with Gasteiger partial charge in [-0.3, -0.25) is 9.59 Å². The molecule has 0 saturated carbocycles. The summed E-state index contributed by atoms with van der Waals surface area (Å²) in [6.07, 6.45) is 3.64. The second kappa shape index (κ2) is 6.52. The first-order chi connectivity index (χ1) is 9.56. The zero-order valence-electron chi connectivity index (χ0n) is 11.0. The maximum atomic E-state index is 12.0. The monoisotopic (exact) mass is 334 g/mol. The van der Waals surface area contributed by atoms with Crippen LogP contribution in [0.5, 0.6) is 0 Å². The Morgan fingerprint density at radius 2 is 2.00 bits per heavy atom. The molecule has 5 heteroatoms. The highest BCUT2D eigenvalue weighted by atomic mass is 79.9. The summed E-state index contributed by atoms with van der Waals surface area (Å²) in [6, 6.07) is 9.22. The zero-order chi connectivity index (χ0) is 14.5. The van der Waals surface area contributed by atoms with Gasteiger partial charge >= 0.3 is 0 Å². The maximum absolute atomic E-state index is 12.0. The number of amides is 1. The first-order valence-electron chi connectivity index (χ1n) is 6.28. The van der Waals surface area contributed by atoms with E-state index in [4.69, 9.17) is 0 Å². The van der Waals surface area contributed by atoms with Crippen LogP contribution in [-0.2, 0) is 6.42 Å². The molecule has 1 aromatic heterocycles. The Balaban J connectivity index is 1.99. The van der Waals surface area contributed by atoms with Gasteiger partial charge in [-0.2, -0.15) is 0 Å². The molecule has 1 unspecified atom stereocenters. The standard InChI is InChI=1S/C15H15BrN2O2/c1-10(8-11-2-4-12(16)5-3-11)18-15(20)13-9-17-7-6-14(13)19/h2-7,9-10H,8H2,1H3,(H,17,19)(H,18,20). The van der Waals surface area contributed by atoms with Crippen molar-refractivity contribution in [2.24, 2.45) is 0 Å². The number of halogens is 1. The smallest absolute Gasteiger partial charge is 0.256 e. The molecule has 0 fully saturated rings. The van der Waals surface area contributed by atoms with Crippen LogP contribution < -0.4 is 10.7 Å². The topological polar surface area (TPSA) is 62.0 Å². The molecule has 2 N–H and O–H groups in total. The lowest BCUT2D eigenvalue weighted by Gasteiger charge is -2.13. The zero-order valence-corrected chi connectivity index (χ0v) is 12.6. The van der Waals surface area contributed by atoms with Crippen LogP contribution in [0.4, 0.5) is 0 Å². The van der Waals surface area contributed by atoms with Gasteiger partial charge in [0.05, 0.1) is 0 Å². The van der Waals surface area contributed by atoms with Gasteiger partial charge in [-0.05, 0) is 31.0 Å². The maximum Gasteiger partial charge on any atom is 0.256 e. The van der Waals surface area contributed by atoms with Gasteiger partial charge in [0.1, 0.15) is 5.56 Å². The van der Waals surface area contributed by atoms with E-state index in [1.54, 1.807) is 0 Å². The quantitative estimate of drug-likeness (QED) is 0.902. The molecule has 2 rings (SSSR count). The minimum absolute atomic E-state index is 0.0525. The lowest BCUT2D eigenvalue weighted by molar-refractivity contribution is 0.0938. The van der Waals surface area contributed by atoms with Crippen LogP contribution in [0.15, 0.2) is 52.0 Å². The van der Waals surface area contributed by atoms with E-state index in [2.05, 4.69) is 26.2 Å². The van der Waals surface area contributed by atoms with Crippen LogP contribution in [0.3, 0.4) is 0 Å². The number of nitrogens with one attached hydrogen (secondary N) is 2. The van der Waals surface area contributed by atoms with E-state index in [1.165, 1.54) is 18.5 Å². The molecule has 0 bridgehead atoms. The molecular formula is C15H15BrN2O2. The van der Waals surface area contributed by atoms with E-state index >= 15 is 0 Å². The van der Waals surface area contributed by atoms with Gasteiger partial charge in [0, 0.05) is 29.0 Å². The average Bonchev–Trinajstić information content (AvgIpc) is 2.41. The van der Waals surface area contributed by atoms with Crippen molar-refractivity contribution in [3.8, 4) is 0 Å². The molecule has 0 radical (unpaired) electrons. The average molecular weight is 335 g/mol. The van der Waals surface area contributed by atoms with Crippen molar-refractivity contribution in [1.82, 2.24) is 10.3 Å². The van der Waals surface area contributed by atoms with Gasteiger partial charge in [-0.15, -0.1) is 0 Å². The summed E-state index contributed by atoms with van der Waals surface area (Å²) in [6.45, 7) is 1.91. The molecular weight excluding hydrogens is 320 g/mol. The number of pyridine rings is 1. The van der Waals surface area contributed by atoms with Crippen molar-refractivity contribution in [3.63, 3.8) is 0 Å². The molecule has 2 aromatic rings. The van der Waals surface area contributed by atoms with E-state index in [9.17, 15) is 9.59 Å². The Morgan fingerprint density at radius 1 is 1.30 bits per heavy atom. The van der Waals surface area contributed by atoms with E-state index < -0.39 is 0 Å². The highest BCUT2D eigenvalue weighted by Gasteiger charge is 2.12. The molecule has 20 heavy (non-hydrogen) atoms. The fourth-order valence-electron chi connectivity index (χ4n) is 1.92. The van der Waals surface area contributed by atoms with Gasteiger partial charge in [0.2, 0.25) is 0 Å². The molecule has 1 aromatic carbocycles. The lowest BCUT2D eigenvalue weighted by atomic mass is 10.1. The molecule has 1 heterocycles. The molecule has 0 aliphatic rings. The SMILES string of the molecule is CC(Cc1ccc(Br)cc1)NC(=O)c1c[nH]ccc1=O. The number of benzene rings is 1. The third-order valence-electron chi connectivity index (χ3n) is 2.90. The number of carbonyl (C=O) groups is 1. The summed E-state index contributed by atoms with van der Waals surface area (Å²) in [7, 11) is 0. The fourth-order valence-corrected chi connectivity index (χ4v) is 2.18. The number of aromatic amines is 1. The van der Waals surface area contributed by atoms with Crippen molar-refractivity contribution in [2.45, 2.75) is 19.4 Å². The number of carbonyl (C=O) groups excluding carboxylic acids is 1. The predicted octanol–water partition coefficient (Wildman–Crippen LogP) is 2.50. The van der Waals surface area contributed by atoms with E-state index in [-0.39, 0.29) is 22.9 Å². The van der Waals surface area contributed by atoms with E-state index in [0.29, 0.717) is 6.42 Å². The molecule has 1 amide bonds. The highest BCUT2D eigenvalue weighted by molar-refractivity contribution is 9.10. The number of aromatic nitrogens is 1. The summed E-state index contributed by atoms with van der Waals surface area (Å²) in [5, 5.41) is 2.83.